The molecule has 0 radical (unpaired) electrons. The van der Waals surface area contributed by atoms with E-state index in [1.54, 1.807) is 12.1 Å². The molecule has 0 saturated carbocycles. The lowest BCUT2D eigenvalue weighted by Gasteiger charge is -2.35. The molecule has 182 valence electrons. The van der Waals surface area contributed by atoms with Gasteiger partial charge in [-0.05, 0) is 41.3 Å². The van der Waals surface area contributed by atoms with E-state index in [1.807, 2.05) is 12.1 Å². The third-order valence-electron chi connectivity index (χ3n) is 5.77. The Morgan fingerprint density at radius 2 is 1.41 bits per heavy atom. The lowest BCUT2D eigenvalue weighted by molar-refractivity contribution is -0.137. The molecule has 6 nitrogen and oxygen atoms in total. The highest BCUT2D eigenvalue weighted by atomic mass is 19.4. The maximum absolute atomic E-state index is 12.9. The Labute approximate surface area is 196 Å². The fourth-order valence-electron chi connectivity index (χ4n) is 3.66. The summed E-state index contributed by atoms with van der Waals surface area (Å²) in [5.74, 6) is -1.15. The van der Waals surface area contributed by atoms with Crippen LogP contribution in [0.5, 0.6) is 0 Å². The zero-order valence-corrected chi connectivity index (χ0v) is 19.4. The monoisotopic (exact) mass is 475 g/mol. The first-order chi connectivity index (χ1) is 15.9. The highest BCUT2D eigenvalue weighted by Crippen LogP contribution is 2.30. The van der Waals surface area contributed by atoms with Crippen molar-refractivity contribution >= 4 is 17.7 Å². The minimum absolute atomic E-state index is 0.0321. The smallest absolute Gasteiger partial charge is 0.343 e. The number of benzene rings is 2. The number of halogens is 3. The zero-order valence-electron chi connectivity index (χ0n) is 19.4. The van der Waals surface area contributed by atoms with Gasteiger partial charge in [-0.3, -0.25) is 14.4 Å². The normalized spacial score (nSPS) is 14.6. The van der Waals surface area contributed by atoms with Crippen molar-refractivity contribution in [2.45, 2.75) is 32.4 Å². The van der Waals surface area contributed by atoms with Crippen LogP contribution < -0.4 is 5.32 Å². The molecule has 0 aliphatic carbocycles. The molecule has 0 spiro atoms. The van der Waals surface area contributed by atoms with Gasteiger partial charge in [0.25, 0.3) is 11.8 Å². The second-order valence-electron chi connectivity index (χ2n) is 9.26. The number of carbonyl (C=O) groups is 3. The molecule has 1 aliphatic rings. The maximum Gasteiger partial charge on any atom is 0.416 e. The van der Waals surface area contributed by atoms with Gasteiger partial charge in [0.15, 0.2) is 0 Å². The molecular formula is C25H28F3N3O3. The molecule has 1 N–H and O–H groups in total. The molecular weight excluding hydrogens is 447 g/mol. The molecule has 0 bridgehead atoms. The van der Waals surface area contributed by atoms with Crippen LogP contribution in [-0.4, -0.2) is 60.2 Å². The zero-order chi connectivity index (χ0) is 25.1. The topological polar surface area (TPSA) is 69.7 Å². The number of alkyl halides is 3. The van der Waals surface area contributed by atoms with Gasteiger partial charge in [-0.2, -0.15) is 13.2 Å². The average Bonchev–Trinajstić information content (AvgIpc) is 2.81. The Hall–Kier alpha value is -3.36. The molecule has 3 rings (SSSR count). The second kappa shape index (κ2) is 9.87. The van der Waals surface area contributed by atoms with Crippen LogP contribution in [-0.2, 0) is 16.4 Å². The van der Waals surface area contributed by atoms with Crippen molar-refractivity contribution in [1.29, 1.82) is 0 Å². The van der Waals surface area contributed by atoms with E-state index < -0.39 is 17.6 Å². The van der Waals surface area contributed by atoms with Crippen molar-refractivity contribution in [3.8, 4) is 0 Å². The fraction of sp³-hybridized carbons (Fsp3) is 0.400. The van der Waals surface area contributed by atoms with Gasteiger partial charge in [0.2, 0.25) is 5.91 Å². The van der Waals surface area contributed by atoms with Crippen LogP contribution in [0.2, 0.25) is 0 Å². The van der Waals surface area contributed by atoms with Crippen LogP contribution in [0.25, 0.3) is 0 Å². The van der Waals surface area contributed by atoms with Gasteiger partial charge in [-0.1, -0.05) is 39.0 Å². The quantitative estimate of drug-likeness (QED) is 0.733. The van der Waals surface area contributed by atoms with E-state index in [1.165, 1.54) is 21.9 Å². The lowest BCUT2D eigenvalue weighted by Crippen LogP contribution is -2.52. The summed E-state index contributed by atoms with van der Waals surface area (Å²) in [6.07, 6.45) is -4.53. The summed E-state index contributed by atoms with van der Waals surface area (Å²) < 4.78 is 38.8. The Kier molecular flexibility index (Phi) is 7.33. The van der Waals surface area contributed by atoms with Crippen LogP contribution in [0.1, 0.15) is 52.6 Å². The van der Waals surface area contributed by atoms with Gasteiger partial charge < -0.3 is 15.1 Å². The number of piperazine rings is 1. The summed E-state index contributed by atoms with van der Waals surface area (Å²) >= 11 is 0. The Bertz CT molecular complexity index is 1050. The van der Waals surface area contributed by atoms with Crippen LogP contribution in [0.15, 0.2) is 48.5 Å². The molecule has 3 amide bonds. The maximum atomic E-state index is 12.9. The highest BCUT2D eigenvalue weighted by molar-refractivity contribution is 5.97. The van der Waals surface area contributed by atoms with Crippen LogP contribution in [0, 0.1) is 0 Å². The standard InChI is InChI=1S/C25H28F3N3O3/c1-24(2,3)19-9-7-17(8-10-19)22(33)29-16-21(32)30-11-13-31(14-12-30)23(34)18-5-4-6-20(15-18)25(26,27)28/h4-10,15H,11-14,16H2,1-3H3,(H,29,33). The summed E-state index contributed by atoms with van der Waals surface area (Å²) in [5.41, 5.74) is 0.598. The Morgan fingerprint density at radius 1 is 0.824 bits per heavy atom. The number of amides is 3. The SMILES string of the molecule is CC(C)(C)c1ccc(C(=O)NCC(=O)N2CCN(C(=O)c3cccc(C(F)(F)F)c3)CC2)cc1. The van der Waals surface area contributed by atoms with Crippen molar-refractivity contribution in [2.75, 3.05) is 32.7 Å². The summed E-state index contributed by atoms with van der Waals surface area (Å²) in [5, 5.41) is 2.62. The van der Waals surface area contributed by atoms with Gasteiger partial charge in [0.05, 0.1) is 12.1 Å². The van der Waals surface area contributed by atoms with Crippen molar-refractivity contribution in [2.24, 2.45) is 0 Å². The van der Waals surface area contributed by atoms with E-state index in [0.29, 0.717) is 5.56 Å². The largest absolute Gasteiger partial charge is 0.416 e. The molecule has 2 aromatic rings. The molecule has 0 unspecified atom stereocenters. The third kappa shape index (κ3) is 6.15. The van der Waals surface area contributed by atoms with E-state index in [-0.39, 0.29) is 55.5 Å². The first-order valence-corrected chi connectivity index (χ1v) is 11.0. The summed E-state index contributed by atoms with van der Waals surface area (Å²) in [7, 11) is 0. The van der Waals surface area contributed by atoms with Crippen LogP contribution in [0.4, 0.5) is 13.2 Å². The Balaban J connectivity index is 1.50. The number of hydrogen-bond acceptors (Lipinski definition) is 3. The number of nitrogens with zero attached hydrogens (tertiary/aromatic N) is 2. The molecule has 9 heteroatoms. The number of nitrogens with one attached hydrogen (secondary N) is 1. The minimum Gasteiger partial charge on any atom is -0.343 e. The van der Waals surface area contributed by atoms with E-state index in [9.17, 15) is 27.6 Å². The van der Waals surface area contributed by atoms with Crippen molar-refractivity contribution in [3.63, 3.8) is 0 Å². The van der Waals surface area contributed by atoms with Crippen LogP contribution in [0.3, 0.4) is 0 Å². The van der Waals surface area contributed by atoms with E-state index in [4.69, 9.17) is 0 Å². The summed E-state index contributed by atoms with van der Waals surface area (Å²) in [4.78, 5) is 40.4. The predicted octanol–water partition coefficient (Wildman–Crippen LogP) is 3.72. The molecule has 34 heavy (non-hydrogen) atoms. The van der Waals surface area contributed by atoms with Crippen molar-refractivity contribution in [1.82, 2.24) is 15.1 Å². The van der Waals surface area contributed by atoms with E-state index in [0.717, 1.165) is 17.7 Å². The lowest BCUT2D eigenvalue weighted by atomic mass is 9.87. The van der Waals surface area contributed by atoms with E-state index >= 15 is 0 Å². The van der Waals surface area contributed by atoms with E-state index in [2.05, 4.69) is 26.1 Å². The average molecular weight is 476 g/mol. The van der Waals surface area contributed by atoms with Crippen LogP contribution >= 0.6 is 0 Å². The van der Waals surface area contributed by atoms with Gasteiger partial charge >= 0.3 is 6.18 Å². The van der Waals surface area contributed by atoms with Gasteiger partial charge in [-0.25, -0.2) is 0 Å². The fourth-order valence-corrected chi connectivity index (χ4v) is 3.66. The summed E-state index contributed by atoms with van der Waals surface area (Å²) in [6.45, 7) is 6.92. The Morgan fingerprint density at radius 3 is 1.97 bits per heavy atom. The molecule has 1 saturated heterocycles. The molecule has 1 fully saturated rings. The predicted molar refractivity (Wildman–Crippen MR) is 121 cm³/mol. The van der Waals surface area contributed by atoms with Crippen molar-refractivity contribution < 1.29 is 27.6 Å². The molecule has 0 atom stereocenters. The summed E-state index contributed by atoms with van der Waals surface area (Å²) in [6, 6.07) is 11.5. The van der Waals surface area contributed by atoms with Gasteiger partial charge in [-0.15, -0.1) is 0 Å². The van der Waals surface area contributed by atoms with Gasteiger partial charge in [0.1, 0.15) is 0 Å². The highest BCUT2D eigenvalue weighted by Gasteiger charge is 2.32. The first kappa shape index (κ1) is 25.3. The second-order valence-corrected chi connectivity index (χ2v) is 9.26. The molecule has 2 aromatic carbocycles. The minimum atomic E-state index is -4.53. The molecule has 1 aliphatic heterocycles. The number of hydrogen-bond donors (Lipinski definition) is 1. The van der Waals surface area contributed by atoms with Crippen molar-refractivity contribution in [3.05, 3.63) is 70.8 Å². The molecule has 0 aromatic heterocycles. The third-order valence-corrected chi connectivity index (χ3v) is 5.77. The first-order valence-electron chi connectivity index (χ1n) is 11.0. The van der Waals surface area contributed by atoms with Gasteiger partial charge in [0, 0.05) is 37.3 Å². The number of rotatable bonds is 4. The number of carbonyl (C=O) groups excluding carboxylic acids is 3. The molecule has 1 heterocycles.